The van der Waals surface area contributed by atoms with E-state index in [9.17, 15) is 0 Å². The molecule has 0 bridgehead atoms. The van der Waals surface area contributed by atoms with E-state index < -0.39 is 0 Å². The van der Waals surface area contributed by atoms with Crippen molar-refractivity contribution in [1.29, 1.82) is 5.26 Å². The number of halogens is 2. The molecule has 3 aromatic rings. The van der Waals surface area contributed by atoms with Crippen molar-refractivity contribution < 1.29 is 0 Å². The Morgan fingerprint density at radius 1 is 0.889 bits per heavy atom. The second-order valence-corrected chi connectivity index (χ2v) is 4.63. The van der Waals surface area contributed by atoms with Crippen molar-refractivity contribution in [2.75, 3.05) is 0 Å². The number of hydrogen-bond acceptors (Lipinski definition) is 3. The molecular weight excluding hydrogens is 269 g/mol. The fourth-order valence-corrected chi connectivity index (χ4v) is 2.12. The minimum absolute atomic E-state index is 0.382. The van der Waals surface area contributed by atoms with Gasteiger partial charge in [-0.05, 0) is 30.3 Å². The van der Waals surface area contributed by atoms with E-state index in [1.807, 2.05) is 6.07 Å². The Labute approximate surface area is 113 Å². The lowest BCUT2D eigenvalue weighted by Gasteiger charge is -2.03. The number of nitriles is 1. The number of aromatic nitrogens is 2. The second-order valence-electron chi connectivity index (χ2n) is 3.79. The number of fused-ring (bicyclic) bond motifs is 2. The lowest BCUT2D eigenvalue weighted by atomic mass is 10.2. The Morgan fingerprint density at radius 3 is 2.33 bits per heavy atom. The summed E-state index contributed by atoms with van der Waals surface area (Å²) < 4.78 is 0. The van der Waals surface area contributed by atoms with Gasteiger partial charge in [-0.25, -0.2) is 9.97 Å². The molecular formula is C13H5Cl2N3. The van der Waals surface area contributed by atoms with Crippen molar-refractivity contribution in [3.63, 3.8) is 0 Å². The molecule has 0 N–H and O–H groups in total. The monoisotopic (exact) mass is 273 g/mol. The maximum absolute atomic E-state index is 8.93. The lowest BCUT2D eigenvalue weighted by Crippen LogP contribution is -1.89. The zero-order valence-corrected chi connectivity index (χ0v) is 10.5. The number of rotatable bonds is 0. The lowest BCUT2D eigenvalue weighted by molar-refractivity contribution is 1.38. The third-order valence-corrected chi connectivity index (χ3v) is 3.15. The van der Waals surface area contributed by atoms with Gasteiger partial charge in [-0.1, -0.05) is 23.2 Å². The van der Waals surface area contributed by atoms with Crippen LogP contribution in [-0.2, 0) is 0 Å². The van der Waals surface area contributed by atoms with Gasteiger partial charge in [0.15, 0.2) is 0 Å². The van der Waals surface area contributed by atoms with E-state index in [-0.39, 0.29) is 0 Å². The van der Waals surface area contributed by atoms with Crippen LogP contribution in [0.25, 0.3) is 22.1 Å². The van der Waals surface area contributed by atoms with Crippen molar-refractivity contribution >= 4 is 45.3 Å². The van der Waals surface area contributed by atoms with Gasteiger partial charge < -0.3 is 0 Å². The van der Waals surface area contributed by atoms with Crippen LogP contribution in [0.1, 0.15) is 5.56 Å². The highest BCUT2D eigenvalue weighted by atomic mass is 35.5. The standard InChI is InChI=1S/C13H5Cl2N3/c14-8-1-2-10-12(4-8)18-11-3-7(6-16)9(15)5-13(11)17-10/h1-5H. The molecule has 86 valence electrons. The van der Waals surface area contributed by atoms with Gasteiger partial charge >= 0.3 is 0 Å². The Morgan fingerprint density at radius 2 is 1.56 bits per heavy atom. The topological polar surface area (TPSA) is 49.6 Å². The summed E-state index contributed by atoms with van der Waals surface area (Å²) in [6, 6.07) is 10.6. The van der Waals surface area contributed by atoms with E-state index in [4.69, 9.17) is 28.5 Å². The van der Waals surface area contributed by atoms with E-state index >= 15 is 0 Å². The van der Waals surface area contributed by atoms with Crippen molar-refractivity contribution in [3.05, 3.63) is 45.9 Å². The largest absolute Gasteiger partial charge is 0.244 e. The van der Waals surface area contributed by atoms with Crippen LogP contribution in [0.4, 0.5) is 0 Å². The summed E-state index contributed by atoms with van der Waals surface area (Å²) in [4.78, 5) is 8.87. The Balaban J connectivity index is 2.42. The molecule has 3 nitrogen and oxygen atoms in total. The zero-order valence-electron chi connectivity index (χ0n) is 8.98. The SMILES string of the molecule is N#Cc1cc2nc3cc(Cl)ccc3nc2cc1Cl. The molecule has 0 saturated heterocycles. The van der Waals surface area contributed by atoms with E-state index in [1.54, 1.807) is 30.3 Å². The van der Waals surface area contributed by atoms with E-state index in [0.29, 0.717) is 32.2 Å². The number of nitrogens with zero attached hydrogens (tertiary/aromatic N) is 3. The highest BCUT2D eigenvalue weighted by molar-refractivity contribution is 6.32. The van der Waals surface area contributed by atoms with Crippen molar-refractivity contribution in [3.8, 4) is 6.07 Å². The predicted octanol–water partition coefficient (Wildman–Crippen LogP) is 3.96. The van der Waals surface area contributed by atoms with Gasteiger partial charge in [0.05, 0.1) is 32.7 Å². The van der Waals surface area contributed by atoms with Crippen LogP contribution in [-0.4, -0.2) is 9.97 Å². The summed E-state index contributed by atoms with van der Waals surface area (Å²) >= 11 is 11.9. The Hall–Kier alpha value is -1.89. The highest BCUT2D eigenvalue weighted by Crippen LogP contribution is 2.24. The van der Waals surface area contributed by atoms with Gasteiger partial charge in [0.25, 0.3) is 0 Å². The molecule has 0 aliphatic heterocycles. The van der Waals surface area contributed by atoms with Gasteiger partial charge in [0.1, 0.15) is 6.07 Å². The smallest absolute Gasteiger partial charge is 0.101 e. The summed E-state index contributed by atoms with van der Waals surface area (Å²) in [6.07, 6.45) is 0. The van der Waals surface area contributed by atoms with Crippen LogP contribution in [0.2, 0.25) is 10.0 Å². The second kappa shape index (κ2) is 4.09. The maximum Gasteiger partial charge on any atom is 0.101 e. The van der Waals surface area contributed by atoms with E-state index in [1.165, 1.54) is 0 Å². The molecule has 1 aromatic heterocycles. The average Bonchev–Trinajstić information content (AvgIpc) is 2.36. The van der Waals surface area contributed by atoms with Crippen LogP contribution in [0.5, 0.6) is 0 Å². The van der Waals surface area contributed by atoms with Crippen LogP contribution in [0, 0.1) is 11.3 Å². The Kier molecular flexibility index (Phi) is 2.55. The van der Waals surface area contributed by atoms with Gasteiger partial charge in [0, 0.05) is 5.02 Å². The molecule has 0 aliphatic rings. The number of benzene rings is 2. The highest BCUT2D eigenvalue weighted by Gasteiger charge is 2.07. The molecule has 0 aliphatic carbocycles. The first kappa shape index (κ1) is 11.2. The van der Waals surface area contributed by atoms with Crippen molar-refractivity contribution in [2.45, 2.75) is 0 Å². The summed E-state index contributed by atoms with van der Waals surface area (Å²) in [5.74, 6) is 0. The average molecular weight is 274 g/mol. The summed E-state index contributed by atoms with van der Waals surface area (Å²) in [6.45, 7) is 0. The quantitative estimate of drug-likeness (QED) is 0.583. The fraction of sp³-hybridized carbons (Fsp3) is 0. The molecule has 2 aromatic carbocycles. The van der Waals surface area contributed by atoms with Gasteiger partial charge in [0.2, 0.25) is 0 Å². The van der Waals surface area contributed by atoms with Gasteiger partial charge in [-0.15, -0.1) is 0 Å². The zero-order chi connectivity index (χ0) is 12.7. The molecule has 0 atom stereocenters. The first-order chi connectivity index (χ1) is 8.67. The first-order valence-electron chi connectivity index (χ1n) is 5.14. The summed E-state index contributed by atoms with van der Waals surface area (Å²) in [5, 5.41) is 9.92. The van der Waals surface area contributed by atoms with Crippen molar-refractivity contribution in [2.24, 2.45) is 0 Å². The molecule has 0 spiro atoms. The minimum atomic E-state index is 0.382. The third kappa shape index (κ3) is 1.76. The molecule has 18 heavy (non-hydrogen) atoms. The molecule has 0 radical (unpaired) electrons. The summed E-state index contributed by atoms with van der Waals surface area (Å²) in [5.41, 5.74) is 3.12. The van der Waals surface area contributed by atoms with Crippen LogP contribution in [0.15, 0.2) is 30.3 Å². The third-order valence-electron chi connectivity index (χ3n) is 2.60. The van der Waals surface area contributed by atoms with Gasteiger partial charge in [-0.3, -0.25) is 0 Å². The predicted molar refractivity (Wildman–Crippen MR) is 71.8 cm³/mol. The van der Waals surface area contributed by atoms with Gasteiger partial charge in [-0.2, -0.15) is 5.26 Å². The summed E-state index contributed by atoms with van der Waals surface area (Å²) in [7, 11) is 0. The molecule has 1 heterocycles. The maximum atomic E-state index is 8.93. The first-order valence-corrected chi connectivity index (χ1v) is 5.89. The van der Waals surface area contributed by atoms with Crippen LogP contribution < -0.4 is 0 Å². The van der Waals surface area contributed by atoms with E-state index in [0.717, 1.165) is 5.52 Å². The van der Waals surface area contributed by atoms with Crippen molar-refractivity contribution in [1.82, 2.24) is 9.97 Å². The molecule has 0 fully saturated rings. The van der Waals surface area contributed by atoms with Crippen LogP contribution >= 0.6 is 23.2 Å². The molecule has 0 saturated carbocycles. The fourth-order valence-electron chi connectivity index (χ4n) is 1.76. The van der Waals surface area contributed by atoms with E-state index in [2.05, 4.69) is 9.97 Å². The number of hydrogen-bond donors (Lipinski definition) is 0. The minimum Gasteiger partial charge on any atom is -0.244 e. The molecule has 3 rings (SSSR count). The molecule has 0 amide bonds. The molecule has 0 unspecified atom stereocenters. The molecule has 5 heteroatoms. The normalized spacial score (nSPS) is 10.7. The van der Waals surface area contributed by atoms with Crippen LogP contribution in [0.3, 0.4) is 0 Å². The Bertz CT molecular complexity index is 822.